The third kappa shape index (κ3) is 4.80. The van der Waals surface area contributed by atoms with Gasteiger partial charge in [0, 0.05) is 30.6 Å². The fourth-order valence-electron chi connectivity index (χ4n) is 2.36. The van der Waals surface area contributed by atoms with E-state index in [2.05, 4.69) is 4.90 Å². The Balaban J connectivity index is 1.92. The molecular weight excluding hydrogens is 272 g/mol. The van der Waals surface area contributed by atoms with Gasteiger partial charge in [0.1, 0.15) is 0 Å². The molecule has 1 aliphatic carbocycles. The van der Waals surface area contributed by atoms with Gasteiger partial charge in [-0.15, -0.1) is 0 Å². The second kappa shape index (κ2) is 6.59. The van der Waals surface area contributed by atoms with Gasteiger partial charge in [-0.25, -0.2) is 8.42 Å². The predicted molar refractivity (Wildman–Crippen MR) is 83.2 cm³/mol. The van der Waals surface area contributed by atoms with E-state index in [4.69, 9.17) is 5.73 Å². The number of rotatable bonds is 8. The van der Waals surface area contributed by atoms with Crippen LogP contribution in [-0.4, -0.2) is 37.4 Å². The number of nitrogen functional groups attached to an aromatic ring is 1. The van der Waals surface area contributed by atoms with Crippen LogP contribution in [-0.2, 0) is 16.4 Å². The van der Waals surface area contributed by atoms with Gasteiger partial charge in [0.15, 0.2) is 9.84 Å². The molecule has 1 saturated carbocycles. The van der Waals surface area contributed by atoms with E-state index < -0.39 is 9.84 Å². The van der Waals surface area contributed by atoms with Gasteiger partial charge in [0.25, 0.3) is 0 Å². The van der Waals surface area contributed by atoms with Crippen molar-refractivity contribution >= 4 is 15.5 Å². The molecule has 0 atom stereocenters. The van der Waals surface area contributed by atoms with Crippen molar-refractivity contribution in [3.8, 4) is 0 Å². The van der Waals surface area contributed by atoms with E-state index >= 15 is 0 Å². The quantitative estimate of drug-likeness (QED) is 0.746. The molecule has 0 aliphatic heterocycles. The van der Waals surface area contributed by atoms with Crippen molar-refractivity contribution in [3.63, 3.8) is 0 Å². The second-order valence-electron chi connectivity index (χ2n) is 5.60. The molecule has 0 aromatic heterocycles. The number of nitrogens with two attached hydrogens (primary N) is 1. The molecule has 1 aliphatic rings. The third-order valence-corrected chi connectivity index (χ3v) is 5.47. The second-order valence-corrected chi connectivity index (χ2v) is 7.90. The molecule has 2 N–H and O–H groups in total. The van der Waals surface area contributed by atoms with Crippen molar-refractivity contribution in [3.05, 3.63) is 29.8 Å². The fourth-order valence-corrected chi connectivity index (χ4v) is 3.70. The SMILES string of the molecule is CCCS(=O)(=O)CCN(Cc1ccc(N)cc1)C1CC1. The summed E-state index contributed by atoms with van der Waals surface area (Å²) in [4.78, 5) is 2.29. The molecule has 0 heterocycles. The molecule has 0 saturated heterocycles. The summed E-state index contributed by atoms with van der Waals surface area (Å²) >= 11 is 0. The Kier molecular flexibility index (Phi) is 5.05. The summed E-state index contributed by atoms with van der Waals surface area (Å²) in [5.41, 5.74) is 7.64. The van der Waals surface area contributed by atoms with Gasteiger partial charge in [0.2, 0.25) is 0 Å². The van der Waals surface area contributed by atoms with E-state index in [0.717, 1.165) is 12.2 Å². The molecule has 0 unspecified atom stereocenters. The minimum absolute atomic E-state index is 0.270. The first-order valence-corrected chi connectivity index (χ1v) is 9.11. The first-order valence-electron chi connectivity index (χ1n) is 7.29. The Bertz CT molecular complexity index is 521. The largest absolute Gasteiger partial charge is 0.399 e. The Morgan fingerprint density at radius 3 is 2.40 bits per heavy atom. The zero-order chi connectivity index (χ0) is 14.6. The van der Waals surface area contributed by atoms with Gasteiger partial charge < -0.3 is 5.73 Å². The van der Waals surface area contributed by atoms with Crippen LogP contribution in [0.2, 0.25) is 0 Å². The van der Waals surface area contributed by atoms with Crippen LogP contribution in [0.25, 0.3) is 0 Å². The highest BCUT2D eigenvalue weighted by molar-refractivity contribution is 7.91. The molecule has 4 nitrogen and oxygen atoms in total. The number of sulfone groups is 1. The van der Waals surface area contributed by atoms with Crippen LogP contribution in [0, 0.1) is 0 Å². The lowest BCUT2D eigenvalue weighted by molar-refractivity contribution is 0.270. The average Bonchev–Trinajstić information content (AvgIpc) is 3.21. The Morgan fingerprint density at radius 1 is 1.20 bits per heavy atom. The van der Waals surface area contributed by atoms with E-state index in [-0.39, 0.29) is 5.75 Å². The van der Waals surface area contributed by atoms with E-state index in [1.807, 2.05) is 31.2 Å². The Labute approximate surface area is 121 Å². The van der Waals surface area contributed by atoms with Crippen LogP contribution in [0.4, 0.5) is 5.69 Å². The van der Waals surface area contributed by atoms with E-state index in [0.29, 0.717) is 24.8 Å². The molecule has 0 bridgehead atoms. The van der Waals surface area contributed by atoms with Gasteiger partial charge in [0.05, 0.1) is 5.75 Å². The molecule has 1 aromatic carbocycles. The maximum Gasteiger partial charge on any atom is 0.151 e. The van der Waals surface area contributed by atoms with Crippen LogP contribution < -0.4 is 5.73 Å². The number of benzene rings is 1. The standard InChI is InChI=1S/C15H24N2O2S/c1-2-10-20(18,19)11-9-17(15-7-8-15)12-13-3-5-14(16)6-4-13/h3-6,15H,2,7-12,16H2,1H3. The highest BCUT2D eigenvalue weighted by Crippen LogP contribution is 2.28. The van der Waals surface area contributed by atoms with Crippen molar-refractivity contribution in [2.75, 3.05) is 23.8 Å². The summed E-state index contributed by atoms with van der Waals surface area (Å²) in [5, 5.41) is 0. The van der Waals surface area contributed by atoms with Crippen molar-refractivity contribution in [1.29, 1.82) is 0 Å². The molecule has 0 amide bonds. The highest BCUT2D eigenvalue weighted by Gasteiger charge is 2.29. The molecule has 5 heteroatoms. The molecule has 2 rings (SSSR count). The summed E-state index contributed by atoms with van der Waals surface area (Å²) < 4.78 is 23.7. The van der Waals surface area contributed by atoms with Gasteiger partial charge >= 0.3 is 0 Å². The minimum atomic E-state index is -2.89. The zero-order valence-electron chi connectivity index (χ0n) is 12.1. The summed E-state index contributed by atoms with van der Waals surface area (Å²) in [5.74, 6) is 0.569. The van der Waals surface area contributed by atoms with Crippen molar-refractivity contribution in [1.82, 2.24) is 4.90 Å². The lowest BCUT2D eigenvalue weighted by atomic mass is 10.2. The molecule has 0 radical (unpaired) electrons. The maximum atomic E-state index is 11.8. The molecule has 20 heavy (non-hydrogen) atoms. The van der Waals surface area contributed by atoms with Crippen LogP contribution in [0.5, 0.6) is 0 Å². The monoisotopic (exact) mass is 296 g/mol. The first-order chi connectivity index (χ1) is 9.50. The summed E-state index contributed by atoms with van der Waals surface area (Å²) in [6, 6.07) is 8.39. The number of nitrogens with zero attached hydrogens (tertiary/aromatic N) is 1. The van der Waals surface area contributed by atoms with Crippen LogP contribution in [0.15, 0.2) is 24.3 Å². The van der Waals surface area contributed by atoms with Crippen LogP contribution in [0.1, 0.15) is 31.7 Å². The minimum Gasteiger partial charge on any atom is -0.399 e. The average molecular weight is 296 g/mol. The Hall–Kier alpha value is -1.07. The molecular formula is C15H24N2O2S. The normalized spacial score (nSPS) is 15.7. The number of anilines is 1. The molecule has 1 aromatic rings. The van der Waals surface area contributed by atoms with Crippen LogP contribution in [0.3, 0.4) is 0 Å². The van der Waals surface area contributed by atoms with E-state index in [1.165, 1.54) is 18.4 Å². The maximum absolute atomic E-state index is 11.8. The number of hydrogen-bond acceptors (Lipinski definition) is 4. The van der Waals surface area contributed by atoms with Crippen molar-refractivity contribution in [2.24, 2.45) is 0 Å². The molecule has 112 valence electrons. The van der Waals surface area contributed by atoms with E-state index in [9.17, 15) is 8.42 Å². The molecule has 0 spiro atoms. The lowest BCUT2D eigenvalue weighted by Gasteiger charge is -2.22. The molecule has 1 fully saturated rings. The smallest absolute Gasteiger partial charge is 0.151 e. The summed E-state index contributed by atoms with van der Waals surface area (Å²) in [7, 11) is -2.89. The first kappa shape index (κ1) is 15.3. The third-order valence-electron chi connectivity index (χ3n) is 3.63. The lowest BCUT2D eigenvalue weighted by Crippen LogP contribution is -2.31. The van der Waals surface area contributed by atoms with Gasteiger partial charge in [-0.2, -0.15) is 0 Å². The zero-order valence-corrected chi connectivity index (χ0v) is 12.9. The van der Waals surface area contributed by atoms with Gasteiger partial charge in [-0.05, 0) is 37.0 Å². The summed E-state index contributed by atoms with van der Waals surface area (Å²) in [6.07, 6.45) is 3.06. The topological polar surface area (TPSA) is 63.4 Å². The summed E-state index contributed by atoms with van der Waals surface area (Å²) in [6.45, 7) is 3.36. The predicted octanol–water partition coefficient (Wildman–Crippen LogP) is 2.06. The van der Waals surface area contributed by atoms with Crippen LogP contribution >= 0.6 is 0 Å². The van der Waals surface area contributed by atoms with Gasteiger partial charge in [-0.3, -0.25) is 4.90 Å². The highest BCUT2D eigenvalue weighted by atomic mass is 32.2. The number of hydrogen-bond donors (Lipinski definition) is 1. The van der Waals surface area contributed by atoms with Crippen molar-refractivity contribution in [2.45, 2.75) is 38.8 Å². The fraction of sp³-hybridized carbons (Fsp3) is 0.600. The Morgan fingerprint density at radius 2 is 1.85 bits per heavy atom. The van der Waals surface area contributed by atoms with Crippen molar-refractivity contribution < 1.29 is 8.42 Å². The van der Waals surface area contributed by atoms with Gasteiger partial charge in [-0.1, -0.05) is 19.1 Å². The van der Waals surface area contributed by atoms with E-state index in [1.54, 1.807) is 0 Å².